The van der Waals surface area contributed by atoms with Crippen LogP contribution in [0.1, 0.15) is 27.5 Å². The topological polar surface area (TPSA) is 71.4 Å². The average molecular weight is 426 g/mol. The number of halogens is 6. The van der Waals surface area contributed by atoms with Gasteiger partial charge in [-0.3, -0.25) is 9.35 Å². The van der Waals surface area contributed by atoms with Gasteiger partial charge in [-0.15, -0.1) is 0 Å². The summed E-state index contributed by atoms with van der Waals surface area (Å²) in [5.74, 6) is -1.28. The molecule has 0 spiro atoms. The van der Waals surface area contributed by atoms with Crippen LogP contribution in [-0.4, -0.2) is 18.8 Å². The summed E-state index contributed by atoms with van der Waals surface area (Å²) in [6.45, 7) is 0. The fourth-order valence-electron chi connectivity index (χ4n) is 2.57. The monoisotopic (exact) mass is 426 g/mol. The van der Waals surface area contributed by atoms with Crippen molar-refractivity contribution in [3.05, 3.63) is 70.8 Å². The second-order valence-corrected chi connectivity index (χ2v) is 7.36. The van der Waals surface area contributed by atoms with Gasteiger partial charge in [-0.1, -0.05) is 30.3 Å². The largest absolute Gasteiger partial charge is 0.416 e. The first-order chi connectivity index (χ1) is 12.7. The number of carbonyl (C=O) groups is 1. The summed E-state index contributed by atoms with van der Waals surface area (Å²) in [6.07, 6.45) is -11.3. The van der Waals surface area contributed by atoms with E-state index in [4.69, 9.17) is 0 Å². The van der Waals surface area contributed by atoms with Crippen LogP contribution in [0.4, 0.5) is 26.3 Å². The third-order valence-electron chi connectivity index (χ3n) is 3.72. The highest BCUT2D eigenvalue weighted by atomic mass is 32.2. The van der Waals surface area contributed by atoms with Crippen molar-refractivity contribution in [1.82, 2.24) is 0 Å². The summed E-state index contributed by atoms with van der Waals surface area (Å²) in [4.78, 5) is 12.4. The zero-order valence-corrected chi connectivity index (χ0v) is 14.6. The van der Waals surface area contributed by atoms with Crippen LogP contribution in [0.25, 0.3) is 0 Å². The summed E-state index contributed by atoms with van der Waals surface area (Å²) in [7, 11) is -5.01. The molecule has 0 amide bonds. The molecule has 4 nitrogen and oxygen atoms in total. The third-order valence-corrected chi connectivity index (χ3v) is 4.85. The van der Waals surface area contributed by atoms with Gasteiger partial charge in [0.25, 0.3) is 10.1 Å². The van der Waals surface area contributed by atoms with Gasteiger partial charge in [-0.25, -0.2) is 0 Å². The van der Waals surface area contributed by atoms with E-state index < -0.39 is 56.6 Å². The van der Waals surface area contributed by atoms with Gasteiger partial charge in [0.2, 0.25) is 0 Å². The Kier molecular flexibility index (Phi) is 5.90. The van der Waals surface area contributed by atoms with Crippen LogP contribution in [0, 0.1) is 0 Å². The fraction of sp³-hybridized carbons (Fsp3) is 0.235. The lowest BCUT2D eigenvalue weighted by molar-refractivity contribution is -0.143. The lowest BCUT2D eigenvalue weighted by Gasteiger charge is -2.16. The molecule has 0 fully saturated rings. The molecule has 0 aliphatic carbocycles. The van der Waals surface area contributed by atoms with Crippen molar-refractivity contribution in [1.29, 1.82) is 0 Å². The van der Waals surface area contributed by atoms with Crippen molar-refractivity contribution >= 4 is 15.9 Å². The van der Waals surface area contributed by atoms with E-state index in [1.807, 2.05) is 0 Å². The van der Waals surface area contributed by atoms with Crippen molar-refractivity contribution < 1.29 is 44.1 Å². The molecule has 2 rings (SSSR count). The molecule has 0 aliphatic rings. The Morgan fingerprint density at radius 1 is 0.893 bits per heavy atom. The molecule has 0 aliphatic heterocycles. The van der Waals surface area contributed by atoms with Gasteiger partial charge in [-0.05, 0) is 29.3 Å². The smallest absolute Gasteiger partial charge is 0.297 e. The Balaban J connectivity index is 2.49. The standard InChI is InChI=1S/C17H12F6O4S/c18-16(19,20)12-6-10(7-13(9-12)17(21,22)23)8-14(24)15(28(25,26)27)11-4-2-1-3-5-11/h1-7,9,15H,8H2,(H,25,26,27). The minimum absolute atomic E-state index is 0.106. The molecule has 0 saturated carbocycles. The number of hydrogen-bond acceptors (Lipinski definition) is 3. The number of ketones is 1. The number of carbonyl (C=O) groups excluding carboxylic acids is 1. The maximum absolute atomic E-state index is 12.9. The van der Waals surface area contributed by atoms with Gasteiger partial charge >= 0.3 is 12.4 Å². The average Bonchev–Trinajstić information content (AvgIpc) is 2.52. The lowest BCUT2D eigenvalue weighted by Crippen LogP contribution is -2.24. The Bertz CT molecular complexity index is 933. The SMILES string of the molecule is O=C(Cc1cc(C(F)(F)F)cc(C(F)(F)F)c1)C(c1ccccc1)S(=O)(=O)O. The molecule has 2 aromatic rings. The molecular weight excluding hydrogens is 414 g/mol. The number of benzene rings is 2. The molecular formula is C17H12F6O4S. The summed E-state index contributed by atoms with van der Waals surface area (Å²) in [5, 5.41) is -2.14. The van der Waals surface area contributed by atoms with E-state index >= 15 is 0 Å². The summed E-state index contributed by atoms with van der Waals surface area (Å²) < 4.78 is 110. The lowest BCUT2D eigenvalue weighted by atomic mass is 9.98. The number of rotatable bonds is 5. The van der Waals surface area contributed by atoms with Crippen LogP contribution >= 0.6 is 0 Å². The molecule has 0 saturated heterocycles. The van der Waals surface area contributed by atoms with Gasteiger partial charge in [0.1, 0.15) is 0 Å². The minimum Gasteiger partial charge on any atom is -0.297 e. The van der Waals surface area contributed by atoms with E-state index in [2.05, 4.69) is 0 Å². The first kappa shape index (κ1) is 21.9. The van der Waals surface area contributed by atoms with Crippen LogP contribution in [0.3, 0.4) is 0 Å². The highest BCUT2D eigenvalue weighted by Crippen LogP contribution is 2.37. The van der Waals surface area contributed by atoms with Crippen molar-refractivity contribution in [2.75, 3.05) is 0 Å². The maximum atomic E-state index is 12.9. The Labute approximate surface area is 155 Å². The first-order valence-corrected chi connectivity index (χ1v) is 9.02. The fourth-order valence-corrected chi connectivity index (χ4v) is 3.48. The Hall–Kier alpha value is -2.40. The van der Waals surface area contributed by atoms with Crippen LogP contribution in [0.5, 0.6) is 0 Å². The van der Waals surface area contributed by atoms with Crippen molar-refractivity contribution in [3.8, 4) is 0 Å². The second kappa shape index (κ2) is 7.55. The van der Waals surface area contributed by atoms with Crippen molar-refractivity contribution in [3.63, 3.8) is 0 Å². The molecule has 1 atom stereocenters. The van der Waals surface area contributed by atoms with E-state index in [1.54, 1.807) is 0 Å². The highest BCUT2D eigenvalue weighted by molar-refractivity contribution is 7.86. The maximum Gasteiger partial charge on any atom is 0.416 e. The van der Waals surface area contributed by atoms with Crippen LogP contribution in [-0.2, 0) is 33.7 Å². The molecule has 11 heteroatoms. The molecule has 28 heavy (non-hydrogen) atoms. The molecule has 0 radical (unpaired) electrons. The number of hydrogen-bond donors (Lipinski definition) is 1. The second-order valence-electron chi connectivity index (χ2n) is 5.86. The zero-order valence-electron chi connectivity index (χ0n) is 13.8. The molecule has 1 unspecified atom stereocenters. The van der Waals surface area contributed by atoms with Gasteiger partial charge in [0, 0.05) is 6.42 Å². The van der Waals surface area contributed by atoms with E-state index in [0.717, 1.165) is 0 Å². The van der Waals surface area contributed by atoms with Gasteiger partial charge in [-0.2, -0.15) is 34.8 Å². The highest BCUT2D eigenvalue weighted by Gasteiger charge is 2.38. The van der Waals surface area contributed by atoms with Crippen molar-refractivity contribution in [2.24, 2.45) is 0 Å². The van der Waals surface area contributed by atoms with E-state index in [-0.39, 0.29) is 11.6 Å². The molecule has 0 aromatic heterocycles. The predicted octanol–water partition coefficient (Wildman–Crippen LogP) is 4.46. The summed E-state index contributed by atoms with van der Waals surface area (Å²) in [5.41, 5.74) is -4.11. The van der Waals surface area contributed by atoms with Crippen LogP contribution in [0.15, 0.2) is 48.5 Å². The summed E-state index contributed by atoms with van der Waals surface area (Å²) >= 11 is 0. The molecule has 0 bridgehead atoms. The molecule has 152 valence electrons. The predicted molar refractivity (Wildman–Crippen MR) is 85.9 cm³/mol. The number of Topliss-reactive ketones (excluding diaryl/α,β-unsaturated/α-hetero) is 1. The third kappa shape index (κ3) is 5.32. The van der Waals surface area contributed by atoms with Gasteiger partial charge in [0.05, 0.1) is 11.1 Å². The van der Waals surface area contributed by atoms with E-state index in [0.29, 0.717) is 12.1 Å². The number of alkyl halides is 6. The van der Waals surface area contributed by atoms with Crippen LogP contribution in [0.2, 0.25) is 0 Å². The Morgan fingerprint density at radius 3 is 1.75 bits per heavy atom. The zero-order chi connectivity index (χ0) is 21.3. The Morgan fingerprint density at radius 2 is 1.36 bits per heavy atom. The quantitative estimate of drug-likeness (QED) is 0.566. The molecule has 0 heterocycles. The summed E-state index contributed by atoms with van der Waals surface area (Å²) in [6, 6.07) is 7.12. The molecule has 1 N–H and O–H groups in total. The van der Waals surface area contributed by atoms with E-state index in [1.165, 1.54) is 30.3 Å². The first-order valence-electron chi connectivity index (χ1n) is 7.52. The normalized spacial score (nSPS) is 14.0. The van der Waals surface area contributed by atoms with Crippen LogP contribution < -0.4 is 0 Å². The molecule has 2 aromatic carbocycles. The van der Waals surface area contributed by atoms with Gasteiger partial charge < -0.3 is 0 Å². The minimum atomic E-state index is -5.11. The van der Waals surface area contributed by atoms with Gasteiger partial charge in [0.15, 0.2) is 11.0 Å². The van der Waals surface area contributed by atoms with Crippen molar-refractivity contribution in [2.45, 2.75) is 24.0 Å². The van der Waals surface area contributed by atoms with E-state index in [9.17, 15) is 44.1 Å².